The Kier molecular flexibility index (Phi) is 5.62. The van der Waals surface area contributed by atoms with Crippen molar-refractivity contribution in [1.82, 2.24) is 40.4 Å². The molecule has 6 aromatic rings. The first-order valence-corrected chi connectivity index (χ1v) is 12.8. The molecular formula is C29H25FN8. The molecule has 1 saturated heterocycles. The van der Waals surface area contributed by atoms with Crippen LogP contribution in [-0.2, 0) is 6.42 Å². The normalized spacial score (nSPS) is 14.4. The van der Waals surface area contributed by atoms with E-state index in [-0.39, 0.29) is 5.82 Å². The van der Waals surface area contributed by atoms with Crippen molar-refractivity contribution in [2.24, 2.45) is 5.92 Å². The van der Waals surface area contributed by atoms with Gasteiger partial charge >= 0.3 is 0 Å². The maximum atomic E-state index is 13.9. The number of imidazole rings is 1. The van der Waals surface area contributed by atoms with Crippen LogP contribution in [-0.4, -0.2) is 48.2 Å². The van der Waals surface area contributed by atoms with Crippen LogP contribution in [0.1, 0.15) is 18.4 Å². The van der Waals surface area contributed by atoms with Gasteiger partial charge in [0.15, 0.2) is 11.5 Å². The van der Waals surface area contributed by atoms with Gasteiger partial charge in [-0.05, 0) is 74.2 Å². The Morgan fingerprint density at radius 3 is 2.71 bits per heavy atom. The van der Waals surface area contributed by atoms with Crippen LogP contribution < -0.4 is 5.32 Å². The van der Waals surface area contributed by atoms with Crippen molar-refractivity contribution in [2.75, 3.05) is 13.1 Å². The molecule has 0 bridgehead atoms. The van der Waals surface area contributed by atoms with Crippen LogP contribution in [0.5, 0.6) is 0 Å². The van der Waals surface area contributed by atoms with E-state index in [2.05, 4.69) is 47.6 Å². The van der Waals surface area contributed by atoms with Crippen LogP contribution >= 0.6 is 0 Å². The summed E-state index contributed by atoms with van der Waals surface area (Å²) in [6.45, 7) is 2.17. The van der Waals surface area contributed by atoms with Gasteiger partial charge in [0, 0.05) is 41.5 Å². The molecular weight excluding hydrogens is 479 g/mol. The third-order valence-electron chi connectivity index (χ3n) is 7.26. The van der Waals surface area contributed by atoms with E-state index in [9.17, 15) is 4.39 Å². The minimum absolute atomic E-state index is 0.315. The zero-order chi connectivity index (χ0) is 25.5. The van der Waals surface area contributed by atoms with Gasteiger partial charge in [-0.3, -0.25) is 15.1 Å². The van der Waals surface area contributed by atoms with E-state index < -0.39 is 0 Å². The molecule has 1 aliphatic heterocycles. The molecule has 0 unspecified atom stereocenters. The Morgan fingerprint density at radius 2 is 1.82 bits per heavy atom. The number of hydrogen-bond donors (Lipinski definition) is 3. The van der Waals surface area contributed by atoms with Gasteiger partial charge in [0.25, 0.3) is 0 Å². The van der Waals surface area contributed by atoms with E-state index in [4.69, 9.17) is 4.98 Å². The standard InChI is InChI=1S/C29H25FN8/c30-22-3-1-2-19(12-22)25-27-24(6-9-33-25)35-29(36-27)26-23-13-21(16-34-28(23)38-37-26)20-11-18(14-32-15-20)10-17-4-7-31-8-5-17/h1-3,6,9,11-17,31H,4-5,7-8,10H2,(H,35,36)(H,34,37,38). The summed E-state index contributed by atoms with van der Waals surface area (Å²) < 4.78 is 13.9. The summed E-state index contributed by atoms with van der Waals surface area (Å²) in [7, 11) is 0. The fourth-order valence-corrected chi connectivity index (χ4v) is 5.32. The average Bonchev–Trinajstić information content (AvgIpc) is 3.57. The number of fused-ring (bicyclic) bond motifs is 2. The molecule has 0 spiro atoms. The van der Waals surface area contributed by atoms with E-state index in [1.54, 1.807) is 12.3 Å². The second kappa shape index (κ2) is 9.42. The van der Waals surface area contributed by atoms with Gasteiger partial charge in [-0.15, -0.1) is 0 Å². The first-order chi connectivity index (χ1) is 18.7. The highest BCUT2D eigenvalue weighted by molar-refractivity contribution is 5.96. The number of benzene rings is 1. The quantitative estimate of drug-likeness (QED) is 0.294. The predicted molar refractivity (Wildman–Crippen MR) is 145 cm³/mol. The van der Waals surface area contributed by atoms with Crippen LogP contribution in [0.3, 0.4) is 0 Å². The Morgan fingerprint density at radius 1 is 0.921 bits per heavy atom. The highest BCUT2D eigenvalue weighted by Crippen LogP contribution is 2.32. The van der Waals surface area contributed by atoms with Crippen molar-refractivity contribution in [3.8, 4) is 33.9 Å². The third-order valence-corrected chi connectivity index (χ3v) is 7.26. The molecule has 188 valence electrons. The lowest BCUT2D eigenvalue weighted by atomic mass is 9.91. The van der Waals surface area contributed by atoms with Crippen molar-refractivity contribution >= 4 is 22.1 Å². The molecule has 3 N–H and O–H groups in total. The molecule has 1 fully saturated rings. The first-order valence-electron chi connectivity index (χ1n) is 12.8. The largest absolute Gasteiger partial charge is 0.337 e. The number of hydrogen-bond acceptors (Lipinski definition) is 6. The summed E-state index contributed by atoms with van der Waals surface area (Å²) in [6.07, 6.45) is 10.8. The van der Waals surface area contributed by atoms with Gasteiger partial charge in [0.1, 0.15) is 17.0 Å². The molecule has 0 aliphatic carbocycles. The molecule has 6 heterocycles. The summed E-state index contributed by atoms with van der Waals surface area (Å²) >= 11 is 0. The highest BCUT2D eigenvalue weighted by Gasteiger charge is 2.18. The first kappa shape index (κ1) is 22.7. The molecule has 5 aromatic heterocycles. The molecule has 0 radical (unpaired) electrons. The highest BCUT2D eigenvalue weighted by atomic mass is 19.1. The number of aromatic amines is 2. The fraction of sp³-hybridized carbons (Fsp3) is 0.207. The fourth-order valence-electron chi connectivity index (χ4n) is 5.32. The summed E-state index contributed by atoms with van der Waals surface area (Å²) in [5, 5.41) is 11.8. The Hall–Kier alpha value is -4.50. The number of piperidine rings is 1. The van der Waals surface area contributed by atoms with Crippen molar-refractivity contribution in [3.05, 3.63) is 78.6 Å². The zero-order valence-electron chi connectivity index (χ0n) is 20.6. The predicted octanol–water partition coefficient (Wildman–Crippen LogP) is 5.31. The van der Waals surface area contributed by atoms with Gasteiger partial charge in [-0.25, -0.2) is 14.4 Å². The van der Waals surface area contributed by atoms with Gasteiger partial charge in [-0.2, -0.15) is 5.10 Å². The number of nitrogens with one attached hydrogen (secondary N) is 3. The Bertz CT molecular complexity index is 1770. The molecule has 1 aliphatic rings. The molecule has 9 heteroatoms. The van der Waals surface area contributed by atoms with E-state index in [0.717, 1.165) is 47.2 Å². The van der Waals surface area contributed by atoms with Crippen LogP contribution in [0.2, 0.25) is 0 Å². The molecule has 0 saturated carbocycles. The van der Waals surface area contributed by atoms with E-state index in [1.807, 2.05) is 30.7 Å². The minimum Gasteiger partial charge on any atom is -0.337 e. The van der Waals surface area contributed by atoms with Crippen molar-refractivity contribution in [1.29, 1.82) is 0 Å². The second-order valence-corrected chi connectivity index (χ2v) is 9.82. The molecule has 1 aromatic carbocycles. The second-order valence-electron chi connectivity index (χ2n) is 9.82. The number of aromatic nitrogens is 7. The van der Waals surface area contributed by atoms with Crippen LogP contribution in [0.15, 0.2) is 67.3 Å². The lowest BCUT2D eigenvalue weighted by molar-refractivity contribution is 0.372. The SMILES string of the molecule is Fc1cccc(-c2nccc3[nH]c(-c4[nH]nc5ncc(-c6cncc(CC7CCNCC7)c6)cc45)nc23)c1. The van der Waals surface area contributed by atoms with Crippen molar-refractivity contribution in [2.45, 2.75) is 19.3 Å². The number of rotatable bonds is 5. The van der Waals surface area contributed by atoms with Crippen LogP contribution in [0.4, 0.5) is 4.39 Å². The van der Waals surface area contributed by atoms with Crippen LogP contribution in [0, 0.1) is 11.7 Å². The Labute approximate surface area is 217 Å². The maximum Gasteiger partial charge on any atom is 0.181 e. The molecule has 8 nitrogen and oxygen atoms in total. The van der Waals surface area contributed by atoms with Gasteiger partial charge in [0.05, 0.1) is 16.6 Å². The number of H-pyrrole nitrogens is 2. The number of nitrogens with zero attached hydrogens (tertiary/aromatic N) is 5. The zero-order valence-corrected chi connectivity index (χ0v) is 20.6. The van der Waals surface area contributed by atoms with E-state index in [0.29, 0.717) is 34.2 Å². The lowest BCUT2D eigenvalue weighted by Gasteiger charge is -2.22. The van der Waals surface area contributed by atoms with Gasteiger partial charge < -0.3 is 10.3 Å². The van der Waals surface area contributed by atoms with Gasteiger partial charge in [-0.1, -0.05) is 12.1 Å². The molecule has 0 atom stereocenters. The smallest absolute Gasteiger partial charge is 0.181 e. The summed E-state index contributed by atoms with van der Waals surface area (Å²) in [5.74, 6) is 0.989. The topological polar surface area (TPSA) is 108 Å². The lowest BCUT2D eigenvalue weighted by Crippen LogP contribution is -2.28. The number of halogens is 1. The number of pyridine rings is 3. The molecule has 38 heavy (non-hydrogen) atoms. The van der Waals surface area contributed by atoms with Crippen molar-refractivity contribution in [3.63, 3.8) is 0 Å². The van der Waals surface area contributed by atoms with E-state index >= 15 is 0 Å². The molecule has 7 rings (SSSR count). The van der Waals surface area contributed by atoms with E-state index in [1.165, 1.54) is 30.5 Å². The summed E-state index contributed by atoms with van der Waals surface area (Å²) in [4.78, 5) is 21.8. The Balaban J connectivity index is 1.26. The van der Waals surface area contributed by atoms with Crippen molar-refractivity contribution < 1.29 is 4.39 Å². The average molecular weight is 505 g/mol. The van der Waals surface area contributed by atoms with Gasteiger partial charge in [0.2, 0.25) is 0 Å². The summed E-state index contributed by atoms with van der Waals surface area (Å²) in [5.41, 5.74) is 7.33. The summed E-state index contributed by atoms with van der Waals surface area (Å²) in [6, 6.07) is 12.5. The van der Waals surface area contributed by atoms with Crippen LogP contribution in [0.25, 0.3) is 56.0 Å². The molecule has 0 amide bonds. The maximum absolute atomic E-state index is 13.9. The monoisotopic (exact) mass is 504 g/mol. The third kappa shape index (κ3) is 4.20. The minimum atomic E-state index is -0.315.